The third-order valence-electron chi connectivity index (χ3n) is 4.92. The van der Waals surface area contributed by atoms with Gasteiger partial charge in [0, 0.05) is 24.1 Å². The highest BCUT2D eigenvalue weighted by Crippen LogP contribution is 2.45. The zero-order valence-electron chi connectivity index (χ0n) is 11.8. The number of nitrogens with zero attached hydrogens (tertiary/aromatic N) is 2. The predicted molar refractivity (Wildman–Crippen MR) is 83.6 cm³/mol. The number of hydrogen-bond donors (Lipinski definition) is 1. The highest BCUT2D eigenvalue weighted by molar-refractivity contribution is 9.10. The molecule has 1 aromatic carbocycles. The summed E-state index contributed by atoms with van der Waals surface area (Å²) in [6, 6.07) is 4.66. The summed E-state index contributed by atoms with van der Waals surface area (Å²) in [6.07, 6.45) is 1.91. The molecule has 0 aliphatic carbocycles. The third kappa shape index (κ3) is 2.00. The molecule has 4 heterocycles. The number of halogens is 1. The molecule has 0 amide bonds. The molecule has 1 atom stereocenters. The summed E-state index contributed by atoms with van der Waals surface area (Å²) in [6.45, 7) is 2.60. The molecule has 1 N–H and O–H groups in total. The van der Waals surface area contributed by atoms with Gasteiger partial charge in [-0.25, -0.2) is 0 Å². The van der Waals surface area contributed by atoms with Crippen LogP contribution in [0.15, 0.2) is 27.1 Å². The van der Waals surface area contributed by atoms with Gasteiger partial charge in [0.15, 0.2) is 0 Å². The third-order valence-corrected chi connectivity index (χ3v) is 5.51. The van der Waals surface area contributed by atoms with Gasteiger partial charge in [0.2, 0.25) is 0 Å². The Bertz CT molecular complexity index is 766. The van der Waals surface area contributed by atoms with Crippen LogP contribution in [0.5, 0.6) is 0 Å². The van der Waals surface area contributed by atoms with Crippen molar-refractivity contribution in [3.8, 4) is 0 Å². The normalized spacial score (nSPS) is 30.8. The van der Waals surface area contributed by atoms with Crippen LogP contribution in [-0.2, 0) is 5.60 Å². The van der Waals surface area contributed by atoms with Gasteiger partial charge in [-0.05, 0) is 53.8 Å². The molecule has 22 heavy (non-hydrogen) atoms. The monoisotopic (exact) mass is 366 g/mol. The number of non-ortho nitro benzene ring substituents is 1. The van der Waals surface area contributed by atoms with E-state index in [-0.39, 0.29) is 11.6 Å². The largest absolute Gasteiger partial charge is 0.457 e. The molecule has 0 spiro atoms. The van der Waals surface area contributed by atoms with Crippen molar-refractivity contribution in [2.45, 2.75) is 18.4 Å². The molecule has 6 nitrogen and oxygen atoms in total. The van der Waals surface area contributed by atoms with Crippen molar-refractivity contribution >= 4 is 32.6 Å². The van der Waals surface area contributed by atoms with Gasteiger partial charge >= 0.3 is 0 Å². The fraction of sp³-hybridized carbons (Fsp3) is 0.467. The Balaban J connectivity index is 1.83. The lowest BCUT2D eigenvalue weighted by Gasteiger charge is -2.49. The standard InChI is InChI=1S/C15H15BrN2O4/c16-12-7-11(18(20)21)5-9-6-13(22-14(9)12)15(19)8-17-3-1-10(15)2-4-17/h5-7,10,19H,1-4,8H2. The molecule has 3 aliphatic heterocycles. The van der Waals surface area contributed by atoms with Crippen LogP contribution in [0.25, 0.3) is 11.0 Å². The minimum atomic E-state index is -0.996. The average molecular weight is 367 g/mol. The molecule has 3 aliphatic rings. The number of furan rings is 1. The lowest BCUT2D eigenvalue weighted by molar-refractivity contribution is -0.384. The maximum atomic E-state index is 11.1. The molecular weight excluding hydrogens is 352 g/mol. The van der Waals surface area contributed by atoms with E-state index >= 15 is 0 Å². The zero-order valence-corrected chi connectivity index (χ0v) is 13.4. The van der Waals surface area contributed by atoms with Crippen LogP contribution in [0.2, 0.25) is 0 Å². The van der Waals surface area contributed by atoms with Crippen molar-refractivity contribution in [2.75, 3.05) is 19.6 Å². The quantitative estimate of drug-likeness (QED) is 0.652. The first-order valence-electron chi connectivity index (χ1n) is 7.30. The van der Waals surface area contributed by atoms with Crippen molar-refractivity contribution in [3.63, 3.8) is 0 Å². The molecule has 5 rings (SSSR count). The number of aliphatic hydroxyl groups is 1. The Kier molecular flexibility index (Phi) is 3.08. The van der Waals surface area contributed by atoms with Crippen molar-refractivity contribution in [2.24, 2.45) is 5.92 Å². The second-order valence-corrected chi connectivity index (χ2v) is 7.04. The van der Waals surface area contributed by atoms with E-state index in [9.17, 15) is 15.2 Å². The van der Waals surface area contributed by atoms with E-state index in [2.05, 4.69) is 20.8 Å². The lowest BCUT2D eigenvalue weighted by atomic mass is 9.74. The summed E-state index contributed by atoms with van der Waals surface area (Å²) >= 11 is 3.32. The fourth-order valence-electron chi connectivity index (χ4n) is 3.73. The minimum Gasteiger partial charge on any atom is -0.457 e. The van der Waals surface area contributed by atoms with E-state index in [0.29, 0.717) is 27.7 Å². The molecule has 3 saturated heterocycles. The average Bonchev–Trinajstić information content (AvgIpc) is 2.93. The first-order chi connectivity index (χ1) is 10.5. The fourth-order valence-corrected chi connectivity index (χ4v) is 4.28. The first-order valence-corrected chi connectivity index (χ1v) is 8.09. The first kappa shape index (κ1) is 14.2. The molecule has 3 fully saturated rings. The van der Waals surface area contributed by atoms with Crippen LogP contribution in [0.4, 0.5) is 5.69 Å². The van der Waals surface area contributed by atoms with Crippen LogP contribution in [0.1, 0.15) is 18.6 Å². The summed E-state index contributed by atoms with van der Waals surface area (Å²) < 4.78 is 6.42. The molecule has 1 unspecified atom stereocenters. The Morgan fingerprint density at radius 3 is 2.68 bits per heavy atom. The summed E-state index contributed by atoms with van der Waals surface area (Å²) in [5.41, 5.74) is -0.442. The van der Waals surface area contributed by atoms with Gasteiger partial charge in [0.05, 0.1) is 9.40 Å². The maximum Gasteiger partial charge on any atom is 0.271 e. The lowest BCUT2D eigenvalue weighted by Crippen LogP contribution is -2.56. The van der Waals surface area contributed by atoms with Gasteiger partial charge in [-0.3, -0.25) is 15.0 Å². The van der Waals surface area contributed by atoms with Gasteiger partial charge in [-0.1, -0.05) is 0 Å². The predicted octanol–water partition coefficient (Wildman–Crippen LogP) is 3.02. The maximum absolute atomic E-state index is 11.1. The van der Waals surface area contributed by atoms with Gasteiger partial charge < -0.3 is 9.52 Å². The van der Waals surface area contributed by atoms with Crippen LogP contribution < -0.4 is 0 Å². The Morgan fingerprint density at radius 2 is 2.09 bits per heavy atom. The van der Waals surface area contributed by atoms with Crippen molar-refractivity contribution in [3.05, 3.63) is 38.5 Å². The smallest absolute Gasteiger partial charge is 0.271 e. The molecule has 0 radical (unpaired) electrons. The highest BCUT2D eigenvalue weighted by atomic mass is 79.9. The van der Waals surface area contributed by atoms with E-state index < -0.39 is 10.5 Å². The second-order valence-electron chi connectivity index (χ2n) is 6.19. The Morgan fingerprint density at radius 1 is 1.36 bits per heavy atom. The number of hydrogen-bond acceptors (Lipinski definition) is 5. The molecule has 116 valence electrons. The minimum absolute atomic E-state index is 0.00706. The van der Waals surface area contributed by atoms with Gasteiger partial charge in [0.1, 0.15) is 16.9 Å². The van der Waals surface area contributed by atoms with E-state index in [1.54, 1.807) is 6.07 Å². The SMILES string of the molecule is O=[N+]([O-])c1cc(Br)c2oc(C3(O)CN4CCC3CC4)cc2c1. The highest BCUT2D eigenvalue weighted by Gasteiger charge is 2.48. The van der Waals surface area contributed by atoms with E-state index in [0.717, 1.165) is 25.9 Å². The summed E-state index contributed by atoms with van der Waals surface area (Å²) in [5, 5.41) is 22.7. The Hall–Kier alpha value is -1.44. The van der Waals surface area contributed by atoms with Gasteiger partial charge in [-0.2, -0.15) is 0 Å². The van der Waals surface area contributed by atoms with Crippen molar-refractivity contribution in [1.82, 2.24) is 4.90 Å². The number of piperidine rings is 3. The molecule has 0 saturated carbocycles. The number of fused-ring (bicyclic) bond motifs is 4. The van der Waals surface area contributed by atoms with Crippen molar-refractivity contribution in [1.29, 1.82) is 0 Å². The van der Waals surface area contributed by atoms with Crippen molar-refractivity contribution < 1.29 is 14.4 Å². The summed E-state index contributed by atoms with van der Waals surface area (Å²) in [7, 11) is 0. The van der Waals surface area contributed by atoms with Gasteiger partial charge in [-0.15, -0.1) is 0 Å². The number of rotatable bonds is 2. The van der Waals surface area contributed by atoms with E-state index in [1.165, 1.54) is 12.1 Å². The van der Waals surface area contributed by atoms with E-state index in [4.69, 9.17) is 4.42 Å². The summed E-state index contributed by atoms with van der Waals surface area (Å²) in [4.78, 5) is 12.8. The van der Waals surface area contributed by atoms with Crippen LogP contribution in [0.3, 0.4) is 0 Å². The number of nitro benzene ring substituents is 1. The van der Waals surface area contributed by atoms with Gasteiger partial charge in [0.25, 0.3) is 5.69 Å². The summed E-state index contributed by atoms with van der Waals surface area (Å²) in [5.74, 6) is 0.699. The Labute approximate surface area is 135 Å². The molecule has 7 heteroatoms. The molecule has 1 aromatic heterocycles. The second kappa shape index (κ2) is 4.78. The van der Waals surface area contributed by atoms with Crippen LogP contribution in [0, 0.1) is 16.0 Å². The molecule has 2 bridgehead atoms. The number of benzene rings is 1. The molecular formula is C15H15BrN2O4. The van der Waals surface area contributed by atoms with E-state index in [1.807, 2.05) is 0 Å². The zero-order chi connectivity index (χ0) is 15.5. The molecule has 2 aromatic rings. The topological polar surface area (TPSA) is 79.8 Å². The number of nitro groups is 1. The van der Waals surface area contributed by atoms with Crippen LogP contribution in [-0.4, -0.2) is 34.6 Å². The van der Waals surface area contributed by atoms with Crippen LogP contribution >= 0.6 is 15.9 Å².